The average Bonchev–Trinajstić information content (AvgIpc) is 2.50. The minimum absolute atomic E-state index is 0.0840. The summed E-state index contributed by atoms with van der Waals surface area (Å²) in [6.07, 6.45) is 2.59. The van der Waals surface area contributed by atoms with Crippen molar-refractivity contribution in [3.8, 4) is 17.2 Å². The van der Waals surface area contributed by atoms with Gasteiger partial charge >= 0.3 is 0 Å². The molecule has 3 rings (SSSR count). The van der Waals surface area contributed by atoms with Gasteiger partial charge in [-0.1, -0.05) is 42.0 Å². The highest BCUT2D eigenvalue weighted by Crippen LogP contribution is 2.37. The Kier molecular flexibility index (Phi) is 4.76. The van der Waals surface area contributed by atoms with Gasteiger partial charge < -0.3 is 0 Å². The first kappa shape index (κ1) is 16.4. The van der Waals surface area contributed by atoms with E-state index in [0.717, 1.165) is 29.5 Å². The smallest absolute Gasteiger partial charge is 0.140 e. The lowest BCUT2D eigenvalue weighted by molar-refractivity contribution is -0.126. The molecule has 0 heterocycles. The van der Waals surface area contributed by atoms with E-state index in [0.29, 0.717) is 24.3 Å². The van der Waals surface area contributed by atoms with Gasteiger partial charge in [-0.15, -0.1) is 0 Å². The third kappa shape index (κ3) is 3.54. The third-order valence-corrected chi connectivity index (χ3v) is 4.77. The second kappa shape index (κ2) is 6.97. The summed E-state index contributed by atoms with van der Waals surface area (Å²) in [5, 5.41) is 8.69. The van der Waals surface area contributed by atoms with Crippen molar-refractivity contribution in [2.75, 3.05) is 0 Å². The van der Waals surface area contributed by atoms with Gasteiger partial charge in [0.05, 0.1) is 6.07 Å². The van der Waals surface area contributed by atoms with Crippen LogP contribution in [0, 0.1) is 35.9 Å². The molecule has 1 aliphatic carbocycles. The average molecular weight is 321 g/mol. The molecule has 2 aromatic carbocycles. The molecule has 24 heavy (non-hydrogen) atoms. The first-order chi connectivity index (χ1) is 11.6. The predicted octanol–water partition coefficient (Wildman–Crippen LogP) is 4.85. The zero-order valence-electron chi connectivity index (χ0n) is 13.8. The Bertz CT molecular complexity index is 800. The highest BCUT2D eigenvalue weighted by Gasteiger charge is 2.33. The van der Waals surface area contributed by atoms with E-state index in [1.54, 1.807) is 12.1 Å². The molecule has 1 aliphatic rings. The number of hydrogen-bond acceptors (Lipinski definition) is 2. The van der Waals surface area contributed by atoms with Gasteiger partial charge in [-0.2, -0.15) is 5.26 Å². The van der Waals surface area contributed by atoms with Gasteiger partial charge in [0.15, 0.2) is 0 Å². The van der Waals surface area contributed by atoms with Crippen molar-refractivity contribution in [2.24, 2.45) is 11.8 Å². The van der Waals surface area contributed by atoms with E-state index in [1.807, 2.05) is 31.2 Å². The molecular weight excluding hydrogens is 301 g/mol. The number of nitrogens with zero attached hydrogens (tertiary/aromatic N) is 1. The SMILES string of the molecule is Cc1cc(CC(=O)C2CC(CC#N)C2)cc(-c2ccccc2F)c1. The van der Waals surface area contributed by atoms with E-state index in [9.17, 15) is 9.18 Å². The number of hydrogen-bond donors (Lipinski definition) is 0. The van der Waals surface area contributed by atoms with E-state index in [1.165, 1.54) is 6.07 Å². The molecule has 0 amide bonds. The monoisotopic (exact) mass is 321 g/mol. The van der Waals surface area contributed by atoms with E-state index in [4.69, 9.17) is 5.26 Å². The molecular formula is C21H20FNO. The standard InChI is InChI=1S/C21H20FNO/c1-14-8-16(13-21(24)18-10-15(11-18)6-7-23)12-17(9-14)19-4-2-3-5-20(19)22/h2-5,8-9,12,15,18H,6,10-11,13H2,1H3. The Hall–Kier alpha value is -2.47. The zero-order chi connectivity index (χ0) is 17.1. The number of carbonyl (C=O) groups excluding carboxylic acids is 1. The molecule has 0 spiro atoms. The minimum atomic E-state index is -0.251. The lowest BCUT2D eigenvalue weighted by atomic mass is 9.70. The van der Waals surface area contributed by atoms with Gasteiger partial charge in [-0.25, -0.2) is 4.39 Å². The number of aryl methyl sites for hydroxylation is 1. The van der Waals surface area contributed by atoms with Crippen LogP contribution in [0.3, 0.4) is 0 Å². The molecule has 2 nitrogen and oxygen atoms in total. The summed E-state index contributed by atoms with van der Waals surface area (Å²) >= 11 is 0. The lowest BCUT2D eigenvalue weighted by Crippen LogP contribution is -2.31. The van der Waals surface area contributed by atoms with Crippen LogP contribution >= 0.6 is 0 Å². The summed E-state index contributed by atoms with van der Waals surface area (Å²) in [4.78, 5) is 12.4. The van der Waals surface area contributed by atoms with Crippen LogP contribution in [0.15, 0.2) is 42.5 Å². The normalized spacial score (nSPS) is 19.4. The third-order valence-electron chi connectivity index (χ3n) is 4.77. The molecule has 0 unspecified atom stereocenters. The highest BCUT2D eigenvalue weighted by atomic mass is 19.1. The maximum Gasteiger partial charge on any atom is 0.140 e. The van der Waals surface area contributed by atoms with Gasteiger partial charge in [0.2, 0.25) is 0 Å². The molecule has 1 fully saturated rings. The van der Waals surface area contributed by atoms with Gasteiger partial charge in [-0.3, -0.25) is 4.79 Å². The van der Waals surface area contributed by atoms with Crippen molar-refractivity contribution in [3.63, 3.8) is 0 Å². The van der Waals surface area contributed by atoms with Crippen molar-refractivity contribution in [2.45, 2.75) is 32.6 Å². The van der Waals surface area contributed by atoms with Crippen LogP contribution in [0.2, 0.25) is 0 Å². The quantitative estimate of drug-likeness (QED) is 0.789. The summed E-state index contributed by atoms with van der Waals surface area (Å²) < 4.78 is 14.0. The molecule has 122 valence electrons. The van der Waals surface area contributed by atoms with Crippen molar-refractivity contribution in [1.82, 2.24) is 0 Å². The summed E-state index contributed by atoms with van der Waals surface area (Å²) in [6, 6.07) is 14.7. The van der Waals surface area contributed by atoms with Crippen LogP contribution in [0.4, 0.5) is 4.39 Å². The first-order valence-corrected chi connectivity index (χ1v) is 8.32. The Balaban J connectivity index is 1.74. The maximum atomic E-state index is 14.0. The maximum absolute atomic E-state index is 14.0. The molecule has 0 saturated heterocycles. The second-order valence-corrected chi connectivity index (χ2v) is 6.73. The summed E-state index contributed by atoms with van der Waals surface area (Å²) in [6.45, 7) is 1.96. The first-order valence-electron chi connectivity index (χ1n) is 8.32. The number of halogens is 1. The van der Waals surface area contributed by atoms with E-state index >= 15 is 0 Å². The molecule has 0 aromatic heterocycles. The highest BCUT2D eigenvalue weighted by molar-refractivity contribution is 5.84. The Morgan fingerprint density at radius 2 is 2.00 bits per heavy atom. The van der Waals surface area contributed by atoms with Crippen LogP contribution in [-0.2, 0) is 11.2 Å². The second-order valence-electron chi connectivity index (χ2n) is 6.73. The van der Waals surface area contributed by atoms with E-state index < -0.39 is 0 Å². The molecule has 0 radical (unpaired) electrons. The van der Waals surface area contributed by atoms with Gasteiger partial charge in [-0.05, 0) is 42.9 Å². The largest absolute Gasteiger partial charge is 0.299 e. The molecule has 0 aliphatic heterocycles. The van der Waals surface area contributed by atoms with Crippen molar-refractivity contribution >= 4 is 5.78 Å². The van der Waals surface area contributed by atoms with Crippen molar-refractivity contribution in [1.29, 1.82) is 5.26 Å². The van der Waals surface area contributed by atoms with Crippen LogP contribution < -0.4 is 0 Å². The zero-order valence-corrected chi connectivity index (χ0v) is 13.8. The molecule has 0 N–H and O–H groups in total. The molecule has 1 saturated carbocycles. The molecule has 0 bridgehead atoms. The number of benzene rings is 2. The number of Topliss-reactive ketones (excluding diaryl/α,β-unsaturated/α-hetero) is 1. The van der Waals surface area contributed by atoms with Crippen LogP contribution in [0.1, 0.15) is 30.4 Å². The van der Waals surface area contributed by atoms with Gasteiger partial charge in [0.1, 0.15) is 11.6 Å². The Morgan fingerprint density at radius 3 is 2.71 bits per heavy atom. The van der Waals surface area contributed by atoms with Crippen molar-refractivity contribution < 1.29 is 9.18 Å². The van der Waals surface area contributed by atoms with E-state index in [2.05, 4.69) is 6.07 Å². The number of rotatable bonds is 5. The molecule has 0 atom stereocenters. The summed E-state index contributed by atoms with van der Waals surface area (Å²) in [5.41, 5.74) is 3.33. The summed E-state index contributed by atoms with van der Waals surface area (Å²) in [7, 11) is 0. The topological polar surface area (TPSA) is 40.9 Å². The van der Waals surface area contributed by atoms with Crippen LogP contribution in [-0.4, -0.2) is 5.78 Å². The fraction of sp³-hybridized carbons (Fsp3) is 0.333. The van der Waals surface area contributed by atoms with Gasteiger partial charge in [0.25, 0.3) is 0 Å². The summed E-state index contributed by atoms with van der Waals surface area (Å²) in [5.74, 6) is 0.448. The van der Waals surface area contributed by atoms with E-state index in [-0.39, 0.29) is 17.5 Å². The lowest BCUT2D eigenvalue weighted by Gasteiger charge is -2.32. The Labute approximate surface area is 141 Å². The number of carbonyl (C=O) groups is 1. The molecule has 3 heteroatoms. The minimum Gasteiger partial charge on any atom is -0.299 e. The molecule has 2 aromatic rings. The number of ketones is 1. The fourth-order valence-corrected chi connectivity index (χ4v) is 3.46. The Morgan fingerprint density at radius 1 is 1.25 bits per heavy atom. The van der Waals surface area contributed by atoms with Crippen LogP contribution in [0.25, 0.3) is 11.1 Å². The fourth-order valence-electron chi connectivity index (χ4n) is 3.46. The van der Waals surface area contributed by atoms with Crippen molar-refractivity contribution in [3.05, 3.63) is 59.4 Å². The van der Waals surface area contributed by atoms with Gasteiger partial charge in [0, 0.05) is 24.3 Å². The van der Waals surface area contributed by atoms with Crippen LogP contribution in [0.5, 0.6) is 0 Å². The predicted molar refractivity (Wildman–Crippen MR) is 91.7 cm³/mol. The number of nitriles is 1.